The van der Waals surface area contributed by atoms with E-state index in [2.05, 4.69) is 4.98 Å². The first-order valence-electron chi connectivity index (χ1n) is 8.39. The Hall–Kier alpha value is -2.32. The highest BCUT2D eigenvalue weighted by Crippen LogP contribution is 2.34. The van der Waals surface area contributed by atoms with Gasteiger partial charge >= 0.3 is 12.1 Å². The molecule has 0 aliphatic carbocycles. The van der Waals surface area contributed by atoms with Crippen molar-refractivity contribution < 1.29 is 27.1 Å². The Morgan fingerprint density at radius 2 is 1.93 bits per heavy atom. The Labute approximate surface area is 173 Å². The third-order valence-electron chi connectivity index (χ3n) is 4.19. The summed E-state index contributed by atoms with van der Waals surface area (Å²) in [7, 11) is 0. The standard InChI is InChI=1S/C19H14Cl2F4N2O2/c1-9(2)16-14(8-29-18(28)15-11(20)4-3-5-13(15)22)27-7-10(19(23,24)25)6-12(21)17(27)26-16/h3-7,9H,8H2,1-2H3. The first-order chi connectivity index (χ1) is 13.5. The molecule has 0 saturated heterocycles. The summed E-state index contributed by atoms with van der Waals surface area (Å²) in [6.45, 7) is 3.11. The van der Waals surface area contributed by atoms with E-state index in [1.807, 2.05) is 0 Å². The Morgan fingerprint density at radius 3 is 2.52 bits per heavy atom. The first kappa shape index (κ1) is 21.4. The number of imidazole rings is 1. The van der Waals surface area contributed by atoms with Gasteiger partial charge in [-0.05, 0) is 24.1 Å². The van der Waals surface area contributed by atoms with Crippen molar-refractivity contribution in [2.45, 2.75) is 32.5 Å². The molecule has 154 valence electrons. The Morgan fingerprint density at radius 1 is 1.24 bits per heavy atom. The molecule has 0 amide bonds. The summed E-state index contributed by atoms with van der Waals surface area (Å²) in [5.41, 5.74) is -0.740. The number of nitrogens with zero attached hydrogens (tertiary/aromatic N) is 2. The summed E-state index contributed by atoms with van der Waals surface area (Å²) >= 11 is 11.9. The number of fused-ring (bicyclic) bond motifs is 1. The molecule has 0 spiro atoms. The van der Waals surface area contributed by atoms with Gasteiger partial charge in [-0.1, -0.05) is 43.1 Å². The number of hydrogen-bond acceptors (Lipinski definition) is 3. The van der Waals surface area contributed by atoms with Crippen LogP contribution in [0, 0.1) is 5.82 Å². The molecule has 0 fully saturated rings. The summed E-state index contributed by atoms with van der Waals surface area (Å²) in [5.74, 6) is -2.12. The quantitative estimate of drug-likeness (QED) is 0.348. The average molecular weight is 449 g/mol. The van der Waals surface area contributed by atoms with Gasteiger partial charge in [-0.25, -0.2) is 14.2 Å². The van der Waals surface area contributed by atoms with E-state index in [4.69, 9.17) is 27.9 Å². The Bertz CT molecular complexity index is 1070. The van der Waals surface area contributed by atoms with Crippen molar-refractivity contribution in [2.75, 3.05) is 0 Å². The molecule has 0 radical (unpaired) electrons. The smallest absolute Gasteiger partial charge is 0.417 e. The van der Waals surface area contributed by atoms with Gasteiger partial charge in [0.05, 0.1) is 27.0 Å². The third-order valence-corrected chi connectivity index (χ3v) is 4.78. The van der Waals surface area contributed by atoms with Gasteiger partial charge in [0.1, 0.15) is 18.0 Å². The number of esters is 1. The topological polar surface area (TPSA) is 43.6 Å². The van der Waals surface area contributed by atoms with Gasteiger partial charge in [0.15, 0.2) is 5.65 Å². The molecule has 10 heteroatoms. The van der Waals surface area contributed by atoms with Gasteiger partial charge in [0.2, 0.25) is 0 Å². The van der Waals surface area contributed by atoms with Crippen molar-refractivity contribution in [1.29, 1.82) is 0 Å². The SMILES string of the molecule is CC(C)c1nc2c(Cl)cc(C(F)(F)F)cn2c1COC(=O)c1c(F)cccc1Cl. The van der Waals surface area contributed by atoms with Crippen molar-refractivity contribution in [1.82, 2.24) is 9.38 Å². The molecule has 0 aliphatic heterocycles. The van der Waals surface area contributed by atoms with Crippen LogP contribution in [0.15, 0.2) is 30.5 Å². The molecule has 0 unspecified atom stereocenters. The lowest BCUT2D eigenvalue weighted by Crippen LogP contribution is -2.12. The predicted octanol–water partition coefficient (Wildman–Crippen LogP) is 6.28. The Balaban J connectivity index is 2.04. The molecule has 2 aromatic heterocycles. The number of alkyl halides is 3. The molecule has 3 rings (SSSR count). The fourth-order valence-electron chi connectivity index (χ4n) is 2.83. The molecule has 0 saturated carbocycles. The van der Waals surface area contributed by atoms with E-state index in [-0.39, 0.29) is 27.3 Å². The van der Waals surface area contributed by atoms with E-state index >= 15 is 0 Å². The largest absolute Gasteiger partial charge is 0.455 e. The van der Waals surface area contributed by atoms with Crippen LogP contribution in [0.5, 0.6) is 0 Å². The van der Waals surface area contributed by atoms with E-state index in [1.165, 1.54) is 12.1 Å². The van der Waals surface area contributed by atoms with Gasteiger partial charge in [0, 0.05) is 6.20 Å². The van der Waals surface area contributed by atoms with Gasteiger partial charge in [-0.15, -0.1) is 0 Å². The summed E-state index contributed by atoms with van der Waals surface area (Å²) < 4.78 is 59.8. The molecule has 29 heavy (non-hydrogen) atoms. The second-order valence-corrected chi connectivity index (χ2v) is 7.35. The second kappa shape index (κ2) is 7.84. The summed E-state index contributed by atoms with van der Waals surface area (Å²) in [4.78, 5) is 16.6. The summed E-state index contributed by atoms with van der Waals surface area (Å²) in [5, 5.41) is -0.337. The van der Waals surface area contributed by atoms with E-state index in [0.29, 0.717) is 5.69 Å². The summed E-state index contributed by atoms with van der Waals surface area (Å²) in [6, 6.07) is 4.48. The number of benzene rings is 1. The maximum Gasteiger partial charge on any atom is 0.417 e. The average Bonchev–Trinajstić information content (AvgIpc) is 2.98. The highest BCUT2D eigenvalue weighted by atomic mass is 35.5. The lowest BCUT2D eigenvalue weighted by molar-refractivity contribution is -0.137. The minimum atomic E-state index is -4.63. The van der Waals surface area contributed by atoms with Crippen LogP contribution in [-0.2, 0) is 17.5 Å². The second-order valence-electron chi connectivity index (χ2n) is 6.54. The molecule has 1 aromatic carbocycles. The normalized spacial score (nSPS) is 12.0. The lowest BCUT2D eigenvalue weighted by atomic mass is 10.1. The number of pyridine rings is 1. The van der Waals surface area contributed by atoms with Crippen molar-refractivity contribution in [3.8, 4) is 0 Å². The number of ether oxygens (including phenoxy) is 1. The number of carbonyl (C=O) groups is 1. The lowest BCUT2D eigenvalue weighted by Gasteiger charge is -2.12. The van der Waals surface area contributed by atoms with Crippen LogP contribution >= 0.6 is 23.2 Å². The zero-order valence-corrected chi connectivity index (χ0v) is 16.7. The van der Waals surface area contributed by atoms with E-state index in [0.717, 1.165) is 22.7 Å². The van der Waals surface area contributed by atoms with E-state index in [9.17, 15) is 22.4 Å². The molecule has 0 aliphatic rings. The van der Waals surface area contributed by atoms with Crippen LogP contribution in [-0.4, -0.2) is 15.4 Å². The van der Waals surface area contributed by atoms with Crippen molar-refractivity contribution in [3.05, 3.63) is 68.8 Å². The maximum absolute atomic E-state index is 13.9. The van der Waals surface area contributed by atoms with Gasteiger partial charge in [0.25, 0.3) is 0 Å². The molecule has 3 aromatic rings. The highest BCUT2D eigenvalue weighted by Gasteiger charge is 2.33. The van der Waals surface area contributed by atoms with Crippen molar-refractivity contribution in [2.24, 2.45) is 0 Å². The number of hydrogen-bond donors (Lipinski definition) is 0. The van der Waals surface area contributed by atoms with Crippen LogP contribution in [0.4, 0.5) is 17.6 Å². The minimum absolute atomic E-state index is 0.0957. The van der Waals surface area contributed by atoms with Gasteiger partial charge in [-0.2, -0.15) is 13.2 Å². The van der Waals surface area contributed by atoms with Crippen LogP contribution < -0.4 is 0 Å². The first-order valence-corrected chi connectivity index (χ1v) is 9.15. The van der Waals surface area contributed by atoms with Crippen molar-refractivity contribution in [3.63, 3.8) is 0 Å². The molecular weight excluding hydrogens is 435 g/mol. The number of aromatic nitrogens is 2. The number of carbonyl (C=O) groups excluding carboxylic acids is 1. The summed E-state index contributed by atoms with van der Waals surface area (Å²) in [6.07, 6.45) is -3.80. The third kappa shape index (κ3) is 4.18. The molecule has 2 heterocycles. The Kier molecular flexibility index (Phi) is 5.78. The van der Waals surface area contributed by atoms with E-state index < -0.39 is 35.7 Å². The zero-order valence-electron chi connectivity index (χ0n) is 15.1. The van der Waals surface area contributed by atoms with Crippen LogP contribution in [0.3, 0.4) is 0 Å². The van der Waals surface area contributed by atoms with Crippen LogP contribution in [0.1, 0.15) is 47.1 Å². The maximum atomic E-state index is 13.9. The van der Waals surface area contributed by atoms with Crippen LogP contribution in [0.25, 0.3) is 5.65 Å². The fraction of sp³-hybridized carbons (Fsp3) is 0.263. The zero-order chi connectivity index (χ0) is 21.5. The fourth-order valence-corrected chi connectivity index (χ4v) is 3.32. The molecule has 4 nitrogen and oxygen atoms in total. The van der Waals surface area contributed by atoms with Crippen molar-refractivity contribution >= 4 is 34.8 Å². The minimum Gasteiger partial charge on any atom is -0.455 e. The van der Waals surface area contributed by atoms with E-state index in [1.54, 1.807) is 13.8 Å². The highest BCUT2D eigenvalue weighted by molar-refractivity contribution is 6.34. The monoisotopic (exact) mass is 448 g/mol. The molecule has 0 bridgehead atoms. The molecule has 0 N–H and O–H groups in total. The predicted molar refractivity (Wildman–Crippen MR) is 99.8 cm³/mol. The molecule has 0 atom stereocenters. The molecular formula is C19H14Cl2F4N2O2. The number of halogens is 6. The number of rotatable bonds is 4. The van der Waals surface area contributed by atoms with Crippen LogP contribution in [0.2, 0.25) is 10.0 Å². The van der Waals surface area contributed by atoms with Gasteiger partial charge in [-0.3, -0.25) is 4.40 Å². The van der Waals surface area contributed by atoms with Gasteiger partial charge < -0.3 is 4.74 Å².